The Morgan fingerprint density at radius 2 is 2.24 bits per heavy atom. The summed E-state index contributed by atoms with van der Waals surface area (Å²) in [6.07, 6.45) is 0. The van der Waals surface area contributed by atoms with Crippen LogP contribution in [-0.4, -0.2) is 36.9 Å². The van der Waals surface area contributed by atoms with Gasteiger partial charge in [-0.2, -0.15) is 0 Å². The van der Waals surface area contributed by atoms with Crippen LogP contribution in [-0.2, 0) is 4.79 Å². The van der Waals surface area contributed by atoms with Gasteiger partial charge in [0.25, 0.3) is 5.91 Å². The number of nitrogens with one attached hydrogen (secondary N) is 1. The van der Waals surface area contributed by atoms with Crippen molar-refractivity contribution in [2.75, 3.05) is 20.1 Å². The number of nitrogens with zero attached hydrogens (tertiary/aromatic N) is 1. The molecule has 0 radical (unpaired) electrons. The Balaban J connectivity index is 2.43. The number of thiophene rings is 1. The maximum Gasteiger partial charge on any atom is 0.264 e. The predicted molar refractivity (Wildman–Crippen MR) is 69.1 cm³/mol. The Kier molecular flexibility index (Phi) is 4.90. The number of carbonyl (C=O) groups is 2. The highest BCUT2D eigenvalue weighted by molar-refractivity contribution is 7.12. The van der Waals surface area contributed by atoms with Gasteiger partial charge in [-0.1, -0.05) is 18.2 Å². The van der Waals surface area contributed by atoms with E-state index in [1.807, 2.05) is 18.4 Å². The quantitative estimate of drug-likeness (QED) is 0.808. The van der Waals surface area contributed by atoms with Crippen LogP contribution in [0.2, 0.25) is 0 Å². The van der Waals surface area contributed by atoms with Gasteiger partial charge in [0.05, 0.1) is 11.4 Å². The summed E-state index contributed by atoms with van der Waals surface area (Å²) in [5.41, 5.74) is 0.880. The van der Waals surface area contributed by atoms with Crippen LogP contribution in [0.15, 0.2) is 29.7 Å². The highest BCUT2D eigenvalue weighted by atomic mass is 32.1. The maximum atomic E-state index is 11.8. The first kappa shape index (κ1) is 13.4. The van der Waals surface area contributed by atoms with Crippen molar-refractivity contribution in [1.29, 1.82) is 0 Å². The molecule has 5 heteroatoms. The molecule has 2 amide bonds. The molecular weight excluding hydrogens is 236 g/mol. The van der Waals surface area contributed by atoms with E-state index in [9.17, 15) is 9.59 Å². The smallest absolute Gasteiger partial charge is 0.264 e. The average molecular weight is 252 g/mol. The van der Waals surface area contributed by atoms with Crippen LogP contribution in [0.1, 0.15) is 16.6 Å². The van der Waals surface area contributed by atoms with Gasteiger partial charge in [0.1, 0.15) is 0 Å². The van der Waals surface area contributed by atoms with Crippen molar-refractivity contribution in [3.05, 3.63) is 34.5 Å². The second-order valence-electron chi connectivity index (χ2n) is 3.87. The molecule has 0 aliphatic rings. The van der Waals surface area contributed by atoms with Crippen molar-refractivity contribution in [2.24, 2.45) is 0 Å². The zero-order valence-electron chi connectivity index (χ0n) is 10.0. The van der Waals surface area contributed by atoms with Gasteiger partial charge < -0.3 is 10.2 Å². The molecule has 1 aromatic rings. The second-order valence-corrected chi connectivity index (χ2v) is 4.82. The topological polar surface area (TPSA) is 49.4 Å². The Labute approximate surface area is 105 Å². The third-order valence-corrected chi connectivity index (χ3v) is 2.90. The summed E-state index contributed by atoms with van der Waals surface area (Å²) < 4.78 is 0. The van der Waals surface area contributed by atoms with E-state index in [0.29, 0.717) is 11.4 Å². The fraction of sp³-hybridized carbons (Fsp3) is 0.333. The first-order valence-electron chi connectivity index (χ1n) is 5.20. The average Bonchev–Trinajstić information content (AvgIpc) is 2.78. The van der Waals surface area contributed by atoms with Crippen molar-refractivity contribution >= 4 is 23.2 Å². The first-order valence-corrected chi connectivity index (χ1v) is 6.08. The van der Waals surface area contributed by atoms with Gasteiger partial charge in [0.15, 0.2) is 0 Å². The van der Waals surface area contributed by atoms with E-state index >= 15 is 0 Å². The van der Waals surface area contributed by atoms with Gasteiger partial charge in [-0.25, -0.2) is 0 Å². The Morgan fingerprint density at radius 3 is 2.76 bits per heavy atom. The summed E-state index contributed by atoms with van der Waals surface area (Å²) in [6, 6.07) is 3.56. The van der Waals surface area contributed by atoms with Crippen LogP contribution in [0.5, 0.6) is 0 Å². The van der Waals surface area contributed by atoms with Crippen molar-refractivity contribution in [3.8, 4) is 0 Å². The van der Waals surface area contributed by atoms with Gasteiger partial charge in [-0.3, -0.25) is 9.59 Å². The molecule has 0 bridgehead atoms. The van der Waals surface area contributed by atoms with Crippen LogP contribution < -0.4 is 5.32 Å². The molecule has 1 N–H and O–H groups in total. The lowest BCUT2D eigenvalue weighted by molar-refractivity contribution is -0.121. The fourth-order valence-corrected chi connectivity index (χ4v) is 1.90. The molecule has 17 heavy (non-hydrogen) atoms. The fourth-order valence-electron chi connectivity index (χ4n) is 1.18. The molecule has 1 rings (SSSR count). The Bertz CT molecular complexity index is 412. The van der Waals surface area contributed by atoms with E-state index in [4.69, 9.17) is 0 Å². The number of rotatable bonds is 5. The number of carbonyl (C=O) groups excluding carboxylic acids is 2. The summed E-state index contributed by atoms with van der Waals surface area (Å²) >= 11 is 1.37. The van der Waals surface area contributed by atoms with Gasteiger partial charge in [-0.15, -0.1) is 11.3 Å². The van der Waals surface area contributed by atoms with Crippen LogP contribution in [0.4, 0.5) is 0 Å². The molecule has 0 fully saturated rings. The number of hydrogen-bond acceptors (Lipinski definition) is 3. The molecule has 0 spiro atoms. The van der Waals surface area contributed by atoms with Crippen LogP contribution in [0.25, 0.3) is 0 Å². The molecular formula is C12H16N2O2S. The zero-order chi connectivity index (χ0) is 12.8. The van der Waals surface area contributed by atoms with E-state index in [0.717, 1.165) is 5.57 Å². The van der Waals surface area contributed by atoms with E-state index in [2.05, 4.69) is 11.9 Å². The van der Waals surface area contributed by atoms with E-state index < -0.39 is 0 Å². The zero-order valence-corrected chi connectivity index (χ0v) is 10.8. The summed E-state index contributed by atoms with van der Waals surface area (Å²) in [5, 5.41) is 4.52. The minimum atomic E-state index is -0.180. The lowest BCUT2D eigenvalue weighted by Crippen LogP contribution is -2.38. The monoisotopic (exact) mass is 252 g/mol. The summed E-state index contributed by atoms with van der Waals surface area (Å²) in [6.45, 7) is 6.03. The molecule has 0 unspecified atom stereocenters. The summed E-state index contributed by atoms with van der Waals surface area (Å²) in [4.78, 5) is 25.3. The van der Waals surface area contributed by atoms with Crippen LogP contribution >= 0.6 is 11.3 Å². The van der Waals surface area contributed by atoms with E-state index in [1.165, 1.54) is 16.2 Å². The van der Waals surface area contributed by atoms with Gasteiger partial charge in [-0.05, 0) is 18.4 Å². The standard InChI is InChI=1S/C12H16N2O2S/c1-9(2)7-13-11(15)8-14(3)12(16)10-5-4-6-17-10/h4-6H,1,7-8H2,2-3H3,(H,13,15). The largest absolute Gasteiger partial charge is 0.351 e. The van der Waals surface area contributed by atoms with Gasteiger partial charge in [0, 0.05) is 13.6 Å². The third-order valence-electron chi connectivity index (χ3n) is 2.05. The molecule has 0 saturated carbocycles. The molecule has 0 atom stereocenters. The molecule has 1 heterocycles. The van der Waals surface area contributed by atoms with Crippen molar-refractivity contribution < 1.29 is 9.59 Å². The lowest BCUT2D eigenvalue weighted by Gasteiger charge is -2.15. The van der Waals surface area contributed by atoms with Gasteiger partial charge in [0.2, 0.25) is 5.91 Å². The Morgan fingerprint density at radius 1 is 1.53 bits per heavy atom. The molecule has 4 nitrogen and oxygen atoms in total. The summed E-state index contributed by atoms with van der Waals surface area (Å²) in [7, 11) is 1.61. The van der Waals surface area contributed by atoms with Gasteiger partial charge >= 0.3 is 0 Å². The maximum absolute atomic E-state index is 11.8. The number of amides is 2. The highest BCUT2D eigenvalue weighted by Crippen LogP contribution is 2.10. The first-order chi connectivity index (χ1) is 8.00. The normalized spacial score (nSPS) is 9.76. The Hall–Kier alpha value is -1.62. The summed E-state index contributed by atoms with van der Waals surface area (Å²) in [5.74, 6) is -0.314. The van der Waals surface area contributed by atoms with Crippen molar-refractivity contribution in [1.82, 2.24) is 10.2 Å². The minimum absolute atomic E-state index is 0.0595. The van der Waals surface area contributed by atoms with Crippen molar-refractivity contribution in [2.45, 2.75) is 6.92 Å². The third kappa shape index (κ3) is 4.40. The van der Waals surface area contributed by atoms with Crippen LogP contribution in [0.3, 0.4) is 0 Å². The highest BCUT2D eigenvalue weighted by Gasteiger charge is 2.15. The van der Waals surface area contributed by atoms with E-state index in [1.54, 1.807) is 13.1 Å². The van der Waals surface area contributed by atoms with Crippen LogP contribution in [0, 0.1) is 0 Å². The second kappa shape index (κ2) is 6.20. The predicted octanol–water partition coefficient (Wildman–Crippen LogP) is 1.51. The minimum Gasteiger partial charge on any atom is -0.351 e. The SMILES string of the molecule is C=C(C)CNC(=O)CN(C)C(=O)c1cccs1. The molecule has 0 saturated heterocycles. The molecule has 0 aliphatic heterocycles. The van der Waals surface area contributed by atoms with Crippen molar-refractivity contribution in [3.63, 3.8) is 0 Å². The molecule has 1 aromatic heterocycles. The number of hydrogen-bond donors (Lipinski definition) is 1. The molecule has 92 valence electrons. The number of likely N-dealkylation sites (N-methyl/N-ethyl adjacent to an activating group) is 1. The lowest BCUT2D eigenvalue weighted by atomic mass is 10.3. The molecule has 0 aliphatic carbocycles. The van der Waals surface area contributed by atoms with E-state index in [-0.39, 0.29) is 18.4 Å². The molecule has 0 aromatic carbocycles.